The zero-order chi connectivity index (χ0) is 15.0. The van der Waals surface area contributed by atoms with Crippen LogP contribution in [0.25, 0.3) is 17.1 Å². The maximum absolute atomic E-state index is 6.07. The molecule has 6 heteroatoms. The number of para-hydroxylation sites is 1. The molecule has 21 heavy (non-hydrogen) atoms. The second-order valence-electron chi connectivity index (χ2n) is 4.93. The molecule has 0 spiro atoms. The first-order valence-corrected chi connectivity index (χ1v) is 6.85. The number of nitrogens with zero attached hydrogens (tertiary/aromatic N) is 4. The molecule has 0 unspecified atom stereocenters. The van der Waals surface area contributed by atoms with E-state index in [9.17, 15) is 0 Å². The number of hydrogen-bond acceptors (Lipinski definition) is 4. The first-order chi connectivity index (χ1) is 10.1. The number of hydrogen-bond donors (Lipinski definition) is 1. The van der Waals surface area contributed by atoms with Gasteiger partial charge in [-0.3, -0.25) is 0 Å². The van der Waals surface area contributed by atoms with Crippen LogP contribution in [0.1, 0.15) is 11.1 Å². The number of rotatable bonds is 2. The summed E-state index contributed by atoms with van der Waals surface area (Å²) in [6, 6.07) is 11.4. The summed E-state index contributed by atoms with van der Waals surface area (Å²) in [6.45, 7) is 4.06. The van der Waals surface area contributed by atoms with Gasteiger partial charge in [0.05, 0.1) is 5.69 Å². The van der Waals surface area contributed by atoms with Crippen molar-refractivity contribution in [1.29, 1.82) is 0 Å². The van der Waals surface area contributed by atoms with Crippen molar-refractivity contribution in [3.8, 4) is 17.1 Å². The molecule has 5 nitrogen and oxygen atoms in total. The van der Waals surface area contributed by atoms with E-state index in [2.05, 4.69) is 15.5 Å². The molecule has 0 aliphatic heterocycles. The van der Waals surface area contributed by atoms with Crippen LogP contribution < -0.4 is 5.73 Å². The van der Waals surface area contributed by atoms with Gasteiger partial charge in [-0.1, -0.05) is 29.8 Å². The number of aromatic nitrogens is 4. The average molecular weight is 300 g/mol. The van der Waals surface area contributed by atoms with E-state index in [0.29, 0.717) is 16.5 Å². The summed E-state index contributed by atoms with van der Waals surface area (Å²) in [5.74, 6) is 0.613. The zero-order valence-corrected chi connectivity index (χ0v) is 12.5. The summed E-state index contributed by atoms with van der Waals surface area (Å²) in [5.41, 5.74) is 10.4. The third-order valence-corrected chi connectivity index (χ3v) is 3.52. The van der Waals surface area contributed by atoms with Gasteiger partial charge in [0.1, 0.15) is 0 Å². The minimum atomic E-state index is 0.557. The number of aryl methyl sites for hydroxylation is 2. The molecule has 0 fully saturated rings. The van der Waals surface area contributed by atoms with Crippen molar-refractivity contribution in [3.63, 3.8) is 0 Å². The van der Waals surface area contributed by atoms with Crippen LogP contribution in [0.15, 0.2) is 36.4 Å². The molecule has 1 aromatic heterocycles. The van der Waals surface area contributed by atoms with E-state index < -0.39 is 0 Å². The second kappa shape index (κ2) is 5.18. The predicted octanol–water partition coefficient (Wildman–Crippen LogP) is 3.18. The summed E-state index contributed by atoms with van der Waals surface area (Å²) < 4.78 is 1.72. The molecule has 0 amide bonds. The molecule has 0 atom stereocenters. The van der Waals surface area contributed by atoms with E-state index in [1.54, 1.807) is 16.8 Å². The first-order valence-electron chi connectivity index (χ1n) is 6.47. The number of anilines is 1. The highest BCUT2D eigenvalue weighted by Crippen LogP contribution is 2.27. The highest BCUT2D eigenvalue weighted by Gasteiger charge is 2.15. The van der Waals surface area contributed by atoms with Gasteiger partial charge in [-0.05, 0) is 53.6 Å². The largest absolute Gasteiger partial charge is 0.399 e. The van der Waals surface area contributed by atoms with Crippen molar-refractivity contribution in [2.75, 3.05) is 5.73 Å². The lowest BCUT2D eigenvalue weighted by molar-refractivity contribution is 0.783. The second-order valence-corrected chi connectivity index (χ2v) is 5.36. The lowest BCUT2D eigenvalue weighted by Gasteiger charge is -2.11. The standard InChI is InChI=1S/C15H14ClN5/c1-9-4-3-5-10(2)14(9)21-15(18-19-20-21)11-6-12(16)8-13(17)7-11/h3-8H,17H2,1-2H3. The normalized spacial score (nSPS) is 10.8. The highest BCUT2D eigenvalue weighted by atomic mass is 35.5. The van der Waals surface area contributed by atoms with Gasteiger partial charge in [0.25, 0.3) is 0 Å². The van der Waals surface area contributed by atoms with Crippen LogP contribution in [-0.4, -0.2) is 20.2 Å². The maximum Gasteiger partial charge on any atom is 0.187 e. The fourth-order valence-corrected chi connectivity index (χ4v) is 2.64. The van der Waals surface area contributed by atoms with Crippen LogP contribution in [0.2, 0.25) is 5.02 Å². The van der Waals surface area contributed by atoms with Gasteiger partial charge in [0, 0.05) is 16.3 Å². The summed E-state index contributed by atoms with van der Waals surface area (Å²) in [6.07, 6.45) is 0. The average Bonchev–Trinajstić information content (AvgIpc) is 2.86. The van der Waals surface area contributed by atoms with Crippen LogP contribution in [0.3, 0.4) is 0 Å². The number of nitrogens with two attached hydrogens (primary N) is 1. The molecule has 0 bridgehead atoms. The van der Waals surface area contributed by atoms with Crippen LogP contribution in [0.4, 0.5) is 5.69 Å². The Morgan fingerprint density at radius 1 is 1.10 bits per heavy atom. The quantitative estimate of drug-likeness (QED) is 0.738. The number of nitrogen functional groups attached to an aromatic ring is 1. The third-order valence-electron chi connectivity index (χ3n) is 3.30. The molecule has 2 aromatic carbocycles. The SMILES string of the molecule is Cc1cccc(C)c1-n1nnnc1-c1cc(N)cc(Cl)c1. The fourth-order valence-electron chi connectivity index (χ4n) is 2.40. The lowest BCUT2D eigenvalue weighted by Crippen LogP contribution is -2.04. The fraction of sp³-hybridized carbons (Fsp3) is 0.133. The van der Waals surface area contributed by atoms with Crippen molar-refractivity contribution < 1.29 is 0 Å². The number of halogens is 1. The van der Waals surface area contributed by atoms with Gasteiger partial charge in [0.2, 0.25) is 0 Å². The maximum atomic E-state index is 6.07. The molecular formula is C15H14ClN5. The van der Waals surface area contributed by atoms with E-state index in [1.807, 2.05) is 38.1 Å². The molecule has 1 heterocycles. The molecule has 0 radical (unpaired) electrons. The minimum absolute atomic E-state index is 0.557. The Balaban J connectivity index is 2.22. The Morgan fingerprint density at radius 3 is 2.48 bits per heavy atom. The summed E-state index contributed by atoms with van der Waals surface area (Å²) in [4.78, 5) is 0. The molecule has 106 valence electrons. The van der Waals surface area contributed by atoms with Crippen molar-refractivity contribution in [1.82, 2.24) is 20.2 Å². The summed E-state index contributed by atoms with van der Waals surface area (Å²) >= 11 is 6.07. The van der Waals surface area contributed by atoms with Crippen molar-refractivity contribution in [2.24, 2.45) is 0 Å². The molecule has 3 rings (SSSR count). The highest BCUT2D eigenvalue weighted by molar-refractivity contribution is 6.31. The number of benzene rings is 2. The van der Waals surface area contributed by atoms with Crippen LogP contribution in [-0.2, 0) is 0 Å². The van der Waals surface area contributed by atoms with E-state index >= 15 is 0 Å². The Morgan fingerprint density at radius 2 is 1.81 bits per heavy atom. The van der Waals surface area contributed by atoms with Gasteiger partial charge >= 0.3 is 0 Å². The van der Waals surface area contributed by atoms with Crippen molar-refractivity contribution in [3.05, 3.63) is 52.5 Å². The Bertz CT molecular complexity index is 769. The first kappa shape index (κ1) is 13.6. The van der Waals surface area contributed by atoms with Gasteiger partial charge in [-0.15, -0.1) is 5.10 Å². The Labute approximate surface area is 127 Å². The molecule has 3 aromatic rings. The van der Waals surface area contributed by atoms with E-state index in [4.69, 9.17) is 17.3 Å². The van der Waals surface area contributed by atoms with Crippen molar-refractivity contribution in [2.45, 2.75) is 13.8 Å². The lowest BCUT2D eigenvalue weighted by atomic mass is 10.1. The minimum Gasteiger partial charge on any atom is -0.399 e. The van der Waals surface area contributed by atoms with Crippen LogP contribution in [0.5, 0.6) is 0 Å². The number of tetrazole rings is 1. The molecule has 0 saturated heterocycles. The summed E-state index contributed by atoms with van der Waals surface area (Å²) in [5, 5.41) is 12.6. The Kier molecular flexibility index (Phi) is 3.35. The molecular weight excluding hydrogens is 286 g/mol. The monoisotopic (exact) mass is 299 g/mol. The van der Waals surface area contributed by atoms with Crippen molar-refractivity contribution >= 4 is 17.3 Å². The predicted molar refractivity (Wildman–Crippen MR) is 83.5 cm³/mol. The van der Waals surface area contributed by atoms with Crippen LogP contribution >= 0.6 is 11.6 Å². The van der Waals surface area contributed by atoms with Gasteiger partial charge in [0.15, 0.2) is 5.82 Å². The Hall–Kier alpha value is -2.40. The molecule has 0 saturated carbocycles. The van der Waals surface area contributed by atoms with Gasteiger partial charge in [-0.2, -0.15) is 4.68 Å². The van der Waals surface area contributed by atoms with E-state index in [1.165, 1.54) is 0 Å². The molecule has 2 N–H and O–H groups in total. The topological polar surface area (TPSA) is 69.6 Å². The third kappa shape index (κ3) is 2.48. The molecule has 0 aliphatic rings. The molecule has 0 aliphatic carbocycles. The van der Waals surface area contributed by atoms with Crippen LogP contribution in [0, 0.1) is 13.8 Å². The van der Waals surface area contributed by atoms with E-state index in [-0.39, 0.29) is 0 Å². The zero-order valence-electron chi connectivity index (χ0n) is 11.7. The smallest absolute Gasteiger partial charge is 0.187 e. The van der Waals surface area contributed by atoms with E-state index in [0.717, 1.165) is 22.4 Å². The van der Waals surface area contributed by atoms with Gasteiger partial charge < -0.3 is 5.73 Å². The summed E-state index contributed by atoms with van der Waals surface area (Å²) in [7, 11) is 0. The van der Waals surface area contributed by atoms with Gasteiger partial charge in [-0.25, -0.2) is 0 Å².